The van der Waals surface area contributed by atoms with Crippen molar-refractivity contribution < 1.29 is 4.79 Å². The first kappa shape index (κ1) is 13.9. The van der Waals surface area contributed by atoms with Crippen LogP contribution in [0, 0.1) is 5.92 Å². The summed E-state index contributed by atoms with van der Waals surface area (Å²) in [6.45, 7) is 8.36. The van der Waals surface area contributed by atoms with Crippen molar-refractivity contribution in [2.75, 3.05) is 0 Å². The van der Waals surface area contributed by atoms with Crippen molar-refractivity contribution in [1.82, 2.24) is 9.78 Å². The van der Waals surface area contributed by atoms with E-state index in [0.717, 1.165) is 0 Å². The van der Waals surface area contributed by atoms with Crippen molar-refractivity contribution in [3.63, 3.8) is 0 Å². The fraction of sp³-hybridized carbons (Fsp3) is 0.583. The number of aromatic nitrogens is 2. The highest BCUT2D eigenvalue weighted by Gasteiger charge is 2.15. The lowest BCUT2D eigenvalue weighted by Crippen LogP contribution is -2.30. The summed E-state index contributed by atoms with van der Waals surface area (Å²) in [4.78, 5) is 23.1. The third kappa shape index (κ3) is 3.40. The van der Waals surface area contributed by atoms with Gasteiger partial charge < -0.3 is 0 Å². The zero-order chi connectivity index (χ0) is 13.2. The van der Waals surface area contributed by atoms with E-state index in [0.29, 0.717) is 12.2 Å². The summed E-state index contributed by atoms with van der Waals surface area (Å²) in [6.07, 6.45) is 0. The first-order valence-electron chi connectivity index (χ1n) is 5.64. The number of halogens is 1. The molecule has 1 aromatic rings. The Morgan fingerprint density at radius 3 is 2.41 bits per heavy atom. The number of carbonyl (C=O) groups excluding carboxylic acids is 1. The monoisotopic (exact) mass is 256 g/mol. The molecular weight excluding hydrogens is 240 g/mol. The van der Waals surface area contributed by atoms with Crippen molar-refractivity contribution in [1.29, 1.82) is 0 Å². The zero-order valence-corrected chi connectivity index (χ0v) is 11.3. The molecule has 1 rings (SSSR count). The van der Waals surface area contributed by atoms with Crippen LogP contribution in [0.1, 0.15) is 49.7 Å². The molecule has 0 fully saturated rings. The quantitative estimate of drug-likeness (QED) is 0.778. The average Bonchev–Trinajstić information content (AvgIpc) is 2.19. The van der Waals surface area contributed by atoms with Crippen LogP contribution in [-0.4, -0.2) is 15.0 Å². The fourth-order valence-electron chi connectivity index (χ4n) is 1.45. The normalized spacial score (nSPS) is 11.2. The van der Waals surface area contributed by atoms with Crippen molar-refractivity contribution in [3.05, 3.63) is 27.7 Å². The molecule has 0 amide bonds. The van der Waals surface area contributed by atoms with Crippen molar-refractivity contribution >= 4 is 16.8 Å². The first-order valence-corrected chi connectivity index (χ1v) is 6.02. The van der Waals surface area contributed by atoms with E-state index in [1.807, 2.05) is 27.7 Å². The molecular formula is C12H17ClN2O2. The van der Waals surface area contributed by atoms with Gasteiger partial charge in [0, 0.05) is 6.54 Å². The predicted octanol–water partition coefficient (Wildman–Crippen LogP) is 2.40. The highest BCUT2D eigenvalue weighted by molar-refractivity contribution is 6.67. The van der Waals surface area contributed by atoms with E-state index in [2.05, 4.69) is 5.10 Å². The molecule has 0 N–H and O–H groups in total. The van der Waals surface area contributed by atoms with Gasteiger partial charge in [0.2, 0.25) is 0 Å². The van der Waals surface area contributed by atoms with Crippen LogP contribution in [0.3, 0.4) is 0 Å². The first-order chi connectivity index (χ1) is 7.82. The van der Waals surface area contributed by atoms with E-state index in [9.17, 15) is 9.59 Å². The van der Waals surface area contributed by atoms with Gasteiger partial charge in [-0.1, -0.05) is 27.7 Å². The predicted molar refractivity (Wildman–Crippen MR) is 67.6 cm³/mol. The molecule has 0 unspecified atom stereocenters. The van der Waals surface area contributed by atoms with Crippen molar-refractivity contribution in [3.8, 4) is 0 Å². The lowest BCUT2D eigenvalue weighted by Gasteiger charge is -2.12. The molecule has 0 aliphatic rings. The van der Waals surface area contributed by atoms with Gasteiger partial charge in [-0.25, -0.2) is 4.68 Å². The van der Waals surface area contributed by atoms with E-state index in [1.165, 1.54) is 10.7 Å². The smallest absolute Gasteiger partial charge is 0.275 e. The molecule has 0 atom stereocenters. The Labute approximate surface area is 106 Å². The van der Waals surface area contributed by atoms with Crippen LogP contribution >= 0.6 is 11.6 Å². The van der Waals surface area contributed by atoms with Gasteiger partial charge in [-0.15, -0.1) is 0 Å². The molecule has 4 nitrogen and oxygen atoms in total. The van der Waals surface area contributed by atoms with Crippen LogP contribution in [0.25, 0.3) is 0 Å². The molecule has 0 aliphatic carbocycles. The Bertz CT molecular complexity index is 478. The third-order valence-corrected chi connectivity index (χ3v) is 2.54. The van der Waals surface area contributed by atoms with Crippen LogP contribution in [0.5, 0.6) is 0 Å². The minimum Gasteiger partial charge on any atom is -0.275 e. The maximum Gasteiger partial charge on any atom is 0.278 e. The minimum atomic E-state index is -0.725. The molecule has 0 radical (unpaired) electrons. The van der Waals surface area contributed by atoms with Crippen LogP contribution in [0.15, 0.2) is 10.9 Å². The van der Waals surface area contributed by atoms with E-state index < -0.39 is 10.8 Å². The number of rotatable bonds is 4. The van der Waals surface area contributed by atoms with Crippen LogP contribution in [-0.2, 0) is 6.54 Å². The number of hydrogen-bond acceptors (Lipinski definition) is 3. The molecule has 1 heterocycles. The van der Waals surface area contributed by atoms with Gasteiger partial charge in [-0.05, 0) is 29.5 Å². The second-order valence-corrected chi connectivity index (χ2v) is 5.14. The SMILES string of the molecule is CC(C)Cn1nc(C(C)C)cc(C(=O)Cl)c1=O. The van der Waals surface area contributed by atoms with Gasteiger partial charge in [-0.3, -0.25) is 9.59 Å². The summed E-state index contributed by atoms with van der Waals surface area (Å²) in [5.41, 5.74) is 0.295. The van der Waals surface area contributed by atoms with Crippen LogP contribution in [0.2, 0.25) is 0 Å². The van der Waals surface area contributed by atoms with Gasteiger partial charge in [-0.2, -0.15) is 5.10 Å². The maximum atomic E-state index is 11.9. The molecule has 94 valence electrons. The minimum absolute atomic E-state index is 0.00557. The second-order valence-electron chi connectivity index (χ2n) is 4.79. The molecule has 0 saturated carbocycles. The zero-order valence-electron chi connectivity index (χ0n) is 10.5. The summed E-state index contributed by atoms with van der Waals surface area (Å²) in [6, 6.07) is 1.49. The molecule has 0 saturated heterocycles. The number of hydrogen-bond donors (Lipinski definition) is 0. The van der Waals surface area contributed by atoms with E-state index in [1.54, 1.807) is 0 Å². The summed E-state index contributed by atoms with van der Waals surface area (Å²) < 4.78 is 1.33. The summed E-state index contributed by atoms with van der Waals surface area (Å²) in [5.74, 6) is 0.421. The lowest BCUT2D eigenvalue weighted by molar-refractivity contribution is 0.107. The van der Waals surface area contributed by atoms with Crippen LogP contribution < -0.4 is 5.56 Å². The molecule has 0 bridgehead atoms. The highest BCUT2D eigenvalue weighted by Crippen LogP contribution is 2.12. The van der Waals surface area contributed by atoms with Gasteiger partial charge in [0.05, 0.1) is 5.69 Å². The van der Waals surface area contributed by atoms with Crippen LogP contribution in [0.4, 0.5) is 0 Å². The summed E-state index contributed by atoms with van der Waals surface area (Å²) >= 11 is 5.41. The lowest BCUT2D eigenvalue weighted by atomic mass is 10.1. The Kier molecular flexibility index (Phi) is 4.46. The number of carbonyl (C=O) groups is 1. The Morgan fingerprint density at radius 2 is 2.00 bits per heavy atom. The summed E-state index contributed by atoms with van der Waals surface area (Å²) in [7, 11) is 0. The van der Waals surface area contributed by atoms with Gasteiger partial charge in [0.25, 0.3) is 10.8 Å². The molecule has 0 aromatic carbocycles. The maximum absolute atomic E-state index is 11.9. The molecule has 5 heteroatoms. The van der Waals surface area contributed by atoms with Crippen molar-refractivity contribution in [2.45, 2.75) is 40.2 Å². The molecule has 0 aliphatic heterocycles. The molecule has 1 aromatic heterocycles. The Morgan fingerprint density at radius 1 is 1.41 bits per heavy atom. The fourth-order valence-corrected chi connectivity index (χ4v) is 1.59. The topological polar surface area (TPSA) is 52.0 Å². The van der Waals surface area contributed by atoms with Gasteiger partial charge in [0.1, 0.15) is 5.56 Å². The second kappa shape index (κ2) is 5.45. The standard InChI is InChI=1S/C12H17ClN2O2/c1-7(2)6-15-12(17)9(11(13)16)5-10(14-15)8(3)4/h5,7-8H,6H2,1-4H3. The Hall–Kier alpha value is -1.16. The van der Waals surface area contributed by atoms with Crippen molar-refractivity contribution in [2.24, 2.45) is 5.92 Å². The van der Waals surface area contributed by atoms with E-state index in [-0.39, 0.29) is 17.4 Å². The largest absolute Gasteiger partial charge is 0.278 e. The van der Waals surface area contributed by atoms with E-state index in [4.69, 9.17) is 11.6 Å². The number of nitrogens with zero attached hydrogens (tertiary/aromatic N) is 2. The Balaban J connectivity index is 3.38. The summed E-state index contributed by atoms with van der Waals surface area (Å²) in [5, 5.41) is 3.52. The molecule has 0 spiro atoms. The highest BCUT2D eigenvalue weighted by atomic mass is 35.5. The van der Waals surface area contributed by atoms with Gasteiger partial charge in [0.15, 0.2) is 0 Å². The molecule has 17 heavy (non-hydrogen) atoms. The average molecular weight is 257 g/mol. The third-order valence-electron chi connectivity index (χ3n) is 2.33. The van der Waals surface area contributed by atoms with E-state index >= 15 is 0 Å². The van der Waals surface area contributed by atoms with Gasteiger partial charge >= 0.3 is 0 Å².